The molecule has 2 rings (SSSR count). The standard InChI is InChI=1S/C18H28N2O4S/c1-15(2)24-14-8-12-19-18(21)17-11-6-7-13-20(17)25(22,23)16-9-4-3-5-10-16/h3-5,9-10,15,17H,6-8,11-14H2,1-2H3,(H,19,21). The number of hydrogen-bond donors (Lipinski definition) is 1. The molecule has 1 aromatic carbocycles. The summed E-state index contributed by atoms with van der Waals surface area (Å²) in [6, 6.07) is 7.68. The van der Waals surface area contributed by atoms with Gasteiger partial charge in [0.1, 0.15) is 6.04 Å². The third-order valence-corrected chi connectivity index (χ3v) is 6.10. The number of amides is 1. The van der Waals surface area contributed by atoms with Gasteiger partial charge in [0.25, 0.3) is 0 Å². The smallest absolute Gasteiger partial charge is 0.243 e. The maximum Gasteiger partial charge on any atom is 0.243 e. The van der Waals surface area contributed by atoms with Gasteiger partial charge in [0.2, 0.25) is 15.9 Å². The molecule has 140 valence electrons. The van der Waals surface area contributed by atoms with E-state index in [1.807, 2.05) is 13.8 Å². The van der Waals surface area contributed by atoms with Gasteiger partial charge in [0.15, 0.2) is 0 Å². The predicted octanol–water partition coefficient (Wildman–Crippen LogP) is 2.16. The molecule has 1 heterocycles. The van der Waals surface area contributed by atoms with Crippen molar-refractivity contribution in [3.8, 4) is 0 Å². The second-order valence-corrected chi connectivity index (χ2v) is 8.40. The van der Waals surface area contributed by atoms with E-state index in [2.05, 4.69) is 5.32 Å². The summed E-state index contributed by atoms with van der Waals surface area (Å²) >= 11 is 0. The Morgan fingerprint density at radius 2 is 2.00 bits per heavy atom. The van der Waals surface area contributed by atoms with Gasteiger partial charge in [0.05, 0.1) is 11.0 Å². The highest BCUT2D eigenvalue weighted by Gasteiger charge is 2.37. The Hall–Kier alpha value is -1.44. The summed E-state index contributed by atoms with van der Waals surface area (Å²) in [6.45, 7) is 5.38. The topological polar surface area (TPSA) is 75.7 Å². The van der Waals surface area contributed by atoms with Crippen LogP contribution < -0.4 is 5.32 Å². The Balaban J connectivity index is 1.99. The predicted molar refractivity (Wildman–Crippen MR) is 96.7 cm³/mol. The van der Waals surface area contributed by atoms with Crippen LogP contribution in [0.4, 0.5) is 0 Å². The highest BCUT2D eigenvalue weighted by Crippen LogP contribution is 2.25. The van der Waals surface area contributed by atoms with Crippen molar-refractivity contribution in [2.75, 3.05) is 19.7 Å². The number of carbonyl (C=O) groups is 1. The van der Waals surface area contributed by atoms with Crippen molar-refractivity contribution in [3.05, 3.63) is 30.3 Å². The summed E-state index contributed by atoms with van der Waals surface area (Å²) in [4.78, 5) is 12.8. The molecule has 7 heteroatoms. The van der Waals surface area contributed by atoms with E-state index in [4.69, 9.17) is 4.74 Å². The second-order valence-electron chi connectivity index (χ2n) is 6.50. The maximum atomic E-state index is 12.9. The van der Waals surface area contributed by atoms with E-state index in [1.165, 1.54) is 4.31 Å². The molecule has 0 aromatic heterocycles. The lowest BCUT2D eigenvalue weighted by atomic mass is 10.0. The van der Waals surface area contributed by atoms with E-state index in [9.17, 15) is 13.2 Å². The van der Waals surface area contributed by atoms with Crippen molar-refractivity contribution < 1.29 is 17.9 Å². The van der Waals surface area contributed by atoms with E-state index >= 15 is 0 Å². The van der Waals surface area contributed by atoms with Gasteiger partial charge < -0.3 is 10.1 Å². The van der Waals surface area contributed by atoms with Crippen LogP contribution in [0.5, 0.6) is 0 Å². The van der Waals surface area contributed by atoms with Crippen LogP contribution in [0.1, 0.15) is 39.5 Å². The minimum Gasteiger partial charge on any atom is -0.379 e. The lowest BCUT2D eigenvalue weighted by Gasteiger charge is -2.33. The van der Waals surface area contributed by atoms with Crippen molar-refractivity contribution in [1.82, 2.24) is 9.62 Å². The summed E-state index contributed by atoms with van der Waals surface area (Å²) in [7, 11) is -3.65. The van der Waals surface area contributed by atoms with E-state index in [-0.39, 0.29) is 16.9 Å². The summed E-state index contributed by atoms with van der Waals surface area (Å²) in [5.74, 6) is -0.219. The molecule has 6 nitrogen and oxygen atoms in total. The van der Waals surface area contributed by atoms with Crippen LogP contribution in [0.3, 0.4) is 0 Å². The van der Waals surface area contributed by atoms with Crippen LogP contribution in [0.25, 0.3) is 0 Å². The first kappa shape index (κ1) is 19.9. The van der Waals surface area contributed by atoms with Crippen LogP contribution in [-0.4, -0.2) is 50.5 Å². The number of piperidine rings is 1. The summed E-state index contributed by atoms with van der Waals surface area (Å²) in [6.07, 6.45) is 3.07. The number of ether oxygens (including phenoxy) is 1. The zero-order valence-corrected chi connectivity index (χ0v) is 15.8. The molecular weight excluding hydrogens is 340 g/mol. The van der Waals surface area contributed by atoms with Crippen molar-refractivity contribution >= 4 is 15.9 Å². The molecule has 1 aliphatic heterocycles. The molecule has 0 aliphatic carbocycles. The largest absolute Gasteiger partial charge is 0.379 e. The van der Waals surface area contributed by atoms with E-state index < -0.39 is 16.1 Å². The van der Waals surface area contributed by atoms with Crippen molar-refractivity contribution in [1.29, 1.82) is 0 Å². The molecule has 1 N–H and O–H groups in total. The third-order valence-electron chi connectivity index (χ3n) is 4.18. The Morgan fingerprint density at radius 3 is 2.68 bits per heavy atom. The van der Waals surface area contributed by atoms with Crippen molar-refractivity contribution in [2.24, 2.45) is 0 Å². The molecule has 1 unspecified atom stereocenters. The zero-order chi connectivity index (χ0) is 18.3. The zero-order valence-electron chi connectivity index (χ0n) is 15.0. The molecule has 0 radical (unpaired) electrons. The Morgan fingerprint density at radius 1 is 1.28 bits per heavy atom. The molecule has 0 spiro atoms. The lowest BCUT2D eigenvalue weighted by Crippen LogP contribution is -2.51. The fourth-order valence-corrected chi connectivity index (χ4v) is 4.58. The van der Waals surface area contributed by atoms with Crippen LogP contribution >= 0.6 is 0 Å². The molecule has 1 aromatic rings. The minimum atomic E-state index is -3.65. The van der Waals surface area contributed by atoms with Gasteiger partial charge in [-0.25, -0.2) is 8.42 Å². The number of rotatable bonds is 8. The van der Waals surface area contributed by atoms with Crippen molar-refractivity contribution in [3.63, 3.8) is 0 Å². The molecule has 1 atom stereocenters. The van der Waals surface area contributed by atoms with Gasteiger partial charge in [-0.05, 0) is 45.2 Å². The van der Waals surface area contributed by atoms with Gasteiger partial charge in [-0.3, -0.25) is 4.79 Å². The third kappa shape index (κ3) is 5.52. The SMILES string of the molecule is CC(C)OCCCNC(=O)C1CCCCN1S(=O)(=O)c1ccccc1. The lowest BCUT2D eigenvalue weighted by molar-refractivity contribution is -0.125. The van der Waals surface area contributed by atoms with Crippen LogP contribution in [0.2, 0.25) is 0 Å². The van der Waals surface area contributed by atoms with Gasteiger partial charge >= 0.3 is 0 Å². The van der Waals surface area contributed by atoms with Gasteiger partial charge in [-0.1, -0.05) is 24.6 Å². The maximum absolute atomic E-state index is 12.9. The monoisotopic (exact) mass is 368 g/mol. The van der Waals surface area contributed by atoms with Crippen LogP contribution in [0.15, 0.2) is 35.2 Å². The Kier molecular flexibility index (Phi) is 7.40. The fraction of sp³-hybridized carbons (Fsp3) is 0.611. The number of nitrogens with one attached hydrogen (secondary N) is 1. The van der Waals surface area contributed by atoms with E-state index in [0.29, 0.717) is 32.5 Å². The number of nitrogens with zero attached hydrogens (tertiary/aromatic N) is 1. The molecule has 1 aliphatic rings. The highest BCUT2D eigenvalue weighted by atomic mass is 32.2. The normalized spacial score (nSPS) is 19.1. The molecule has 0 bridgehead atoms. The molecule has 0 saturated carbocycles. The Labute approximate surface area is 150 Å². The van der Waals surface area contributed by atoms with Gasteiger partial charge in [0, 0.05) is 19.7 Å². The second kappa shape index (κ2) is 9.31. The molecular formula is C18H28N2O4S. The highest BCUT2D eigenvalue weighted by molar-refractivity contribution is 7.89. The number of hydrogen-bond acceptors (Lipinski definition) is 4. The number of carbonyl (C=O) groups excluding carboxylic acids is 1. The first-order chi connectivity index (χ1) is 11.9. The van der Waals surface area contributed by atoms with Crippen molar-refractivity contribution in [2.45, 2.75) is 56.6 Å². The number of benzene rings is 1. The molecule has 1 amide bonds. The number of sulfonamides is 1. The van der Waals surface area contributed by atoms with Gasteiger partial charge in [-0.15, -0.1) is 0 Å². The summed E-state index contributed by atoms with van der Waals surface area (Å²) in [5, 5.41) is 2.85. The quantitative estimate of drug-likeness (QED) is 0.714. The molecule has 25 heavy (non-hydrogen) atoms. The van der Waals surface area contributed by atoms with Gasteiger partial charge in [-0.2, -0.15) is 4.31 Å². The summed E-state index contributed by atoms with van der Waals surface area (Å²) in [5.41, 5.74) is 0. The minimum absolute atomic E-state index is 0.167. The fourth-order valence-electron chi connectivity index (χ4n) is 2.90. The first-order valence-electron chi connectivity index (χ1n) is 8.89. The average Bonchev–Trinajstić information content (AvgIpc) is 2.61. The van der Waals surface area contributed by atoms with E-state index in [1.54, 1.807) is 30.3 Å². The summed E-state index contributed by atoms with van der Waals surface area (Å²) < 4.78 is 32.6. The van der Waals surface area contributed by atoms with Crippen LogP contribution in [0, 0.1) is 0 Å². The average molecular weight is 368 g/mol. The van der Waals surface area contributed by atoms with Crippen LogP contribution in [-0.2, 0) is 19.6 Å². The molecule has 1 saturated heterocycles. The Bertz CT molecular complexity index is 646. The molecule has 1 fully saturated rings. The first-order valence-corrected chi connectivity index (χ1v) is 10.3. The van der Waals surface area contributed by atoms with E-state index in [0.717, 1.165) is 12.8 Å².